The lowest BCUT2D eigenvalue weighted by molar-refractivity contribution is -0.125. The summed E-state index contributed by atoms with van der Waals surface area (Å²) in [5.41, 5.74) is 7.16. The van der Waals surface area contributed by atoms with Gasteiger partial charge < -0.3 is 24.9 Å². The van der Waals surface area contributed by atoms with E-state index in [9.17, 15) is 14.7 Å². The topological polar surface area (TPSA) is 128 Å². The third-order valence-corrected chi connectivity index (χ3v) is 15.1. The second-order valence-electron chi connectivity index (χ2n) is 14.9. The molecule has 0 spiro atoms. The van der Waals surface area contributed by atoms with E-state index in [0.29, 0.717) is 18.8 Å². The van der Waals surface area contributed by atoms with E-state index in [1.807, 2.05) is 0 Å². The molecule has 0 aliphatic heterocycles. The minimum Gasteiger partial charge on any atom is -0.474 e. The van der Waals surface area contributed by atoms with Crippen LogP contribution in [0.1, 0.15) is 103 Å². The Kier molecular flexibility index (Phi) is 9.64. The van der Waals surface area contributed by atoms with Gasteiger partial charge in [0.15, 0.2) is 8.32 Å². The highest BCUT2D eigenvalue weighted by molar-refractivity contribution is 7.19. The smallest absolute Gasteiger partial charge is 0.407 e. The number of rotatable bonds is 10. The van der Waals surface area contributed by atoms with Gasteiger partial charge in [0, 0.05) is 17.5 Å². The zero-order chi connectivity index (χ0) is 31.0. The first-order valence-corrected chi connectivity index (χ1v) is 19.1. The lowest BCUT2D eigenvalue weighted by Crippen LogP contribution is -2.48. The molecule has 4 rings (SSSR count). The number of thiophene rings is 1. The molecular formula is C31H50N4O5SSi. The van der Waals surface area contributed by atoms with Crippen LogP contribution in [-0.2, 0) is 15.6 Å². The number of hydrogen-bond donors (Lipinski definition) is 2. The van der Waals surface area contributed by atoms with Gasteiger partial charge in [-0.1, -0.05) is 41.5 Å². The number of aromatic nitrogens is 2. The van der Waals surface area contributed by atoms with Crippen molar-refractivity contribution in [2.45, 2.75) is 135 Å². The molecule has 0 radical (unpaired) electrons. The lowest BCUT2D eigenvalue weighted by atomic mass is 9.89. The Morgan fingerprint density at radius 3 is 2.36 bits per heavy atom. The van der Waals surface area contributed by atoms with Gasteiger partial charge >= 0.3 is 6.09 Å². The Bertz CT molecular complexity index is 1280. The summed E-state index contributed by atoms with van der Waals surface area (Å²) in [5.74, 6) is 0.304. The number of hydrogen-bond acceptors (Lipinski definition) is 7. The van der Waals surface area contributed by atoms with E-state index < -0.39 is 26.4 Å². The van der Waals surface area contributed by atoms with Crippen molar-refractivity contribution in [3.63, 3.8) is 0 Å². The van der Waals surface area contributed by atoms with Gasteiger partial charge in [-0.15, -0.1) is 11.3 Å². The van der Waals surface area contributed by atoms with Crippen LogP contribution < -0.4 is 10.5 Å². The molecule has 2 heterocycles. The fourth-order valence-electron chi connectivity index (χ4n) is 5.90. The van der Waals surface area contributed by atoms with Gasteiger partial charge in [-0.25, -0.2) is 14.8 Å². The summed E-state index contributed by atoms with van der Waals surface area (Å²) < 4.78 is 13.1. The van der Waals surface area contributed by atoms with E-state index in [-0.39, 0.29) is 28.5 Å². The zero-order valence-corrected chi connectivity index (χ0v) is 28.5. The van der Waals surface area contributed by atoms with Crippen molar-refractivity contribution in [2.75, 3.05) is 6.54 Å². The molecule has 1 fully saturated rings. The van der Waals surface area contributed by atoms with Gasteiger partial charge in [-0.05, 0) is 86.4 Å². The molecule has 2 aromatic heterocycles. The Labute approximate surface area is 255 Å². The van der Waals surface area contributed by atoms with Crippen molar-refractivity contribution >= 4 is 41.9 Å². The summed E-state index contributed by atoms with van der Waals surface area (Å²) in [4.78, 5) is 37.6. The fraction of sp³-hybridized carbons (Fsp3) is 0.742. The second-order valence-corrected chi connectivity index (χ2v) is 20.7. The van der Waals surface area contributed by atoms with Gasteiger partial charge in [0.25, 0.3) is 0 Å². The predicted octanol–water partition coefficient (Wildman–Crippen LogP) is 7.09. The van der Waals surface area contributed by atoms with Crippen molar-refractivity contribution in [3.8, 4) is 5.88 Å². The monoisotopic (exact) mass is 618 g/mol. The quantitative estimate of drug-likeness (QED) is 0.272. The Balaban J connectivity index is 1.49. The van der Waals surface area contributed by atoms with E-state index in [0.717, 1.165) is 55.2 Å². The summed E-state index contributed by atoms with van der Waals surface area (Å²) in [5, 5.41) is 10.8. The number of nitrogens with two attached hydrogens (primary N) is 1. The molecule has 2 aliphatic rings. The molecule has 2 aliphatic carbocycles. The molecule has 234 valence electrons. The molecule has 42 heavy (non-hydrogen) atoms. The molecule has 3 N–H and O–H groups in total. The van der Waals surface area contributed by atoms with E-state index in [1.54, 1.807) is 22.6 Å². The third-order valence-electron chi connectivity index (χ3n) is 9.47. The Hall–Kier alpha value is -2.24. The fourth-order valence-corrected chi connectivity index (χ4v) is 8.41. The maximum absolute atomic E-state index is 12.6. The van der Waals surface area contributed by atoms with Crippen LogP contribution in [0.5, 0.6) is 5.88 Å². The second kappa shape index (κ2) is 12.4. The number of carbonyl (C=O) groups excluding carboxylic acids is 1. The van der Waals surface area contributed by atoms with E-state index in [2.05, 4.69) is 64.6 Å². The van der Waals surface area contributed by atoms with Crippen molar-refractivity contribution in [1.29, 1.82) is 0 Å². The van der Waals surface area contributed by atoms with Gasteiger partial charge in [0.1, 0.15) is 23.4 Å². The van der Waals surface area contributed by atoms with Crippen molar-refractivity contribution in [1.82, 2.24) is 14.9 Å². The van der Waals surface area contributed by atoms with Gasteiger partial charge in [0.2, 0.25) is 11.8 Å². The molecule has 9 nitrogen and oxygen atoms in total. The minimum atomic E-state index is -2.20. The van der Waals surface area contributed by atoms with Crippen molar-refractivity contribution in [2.24, 2.45) is 11.1 Å². The standard InChI is InChI=1S/C31H50N4O5SSi/c1-30(2,3)15-16-35(29(37)38)20-10-12-21(13-11-20)39-27-25-24-19(9-14-23(24)41-28(25)34-18-33-27)17-22(26(32)36)40-42(7,8)31(4,5)6/h18-22H,9-17H2,1-8H3,(H2,32,36)(H,37,38)/t19-,20?,21?,22-/m1/s1. The number of aryl methyl sites for hydroxylation is 1. The molecule has 11 heteroatoms. The van der Waals surface area contributed by atoms with Crippen LogP contribution in [0.3, 0.4) is 0 Å². The van der Waals surface area contributed by atoms with Crippen LogP contribution >= 0.6 is 11.3 Å². The number of primary amides is 1. The lowest BCUT2D eigenvalue weighted by Gasteiger charge is -2.39. The first-order valence-electron chi connectivity index (χ1n) is 15.4. The molecule has 2 atom stereocenters. The summed E-state index contributed by atoms with van der Waals surface area (Å²) >= 11 is 1.68. The number of nitrogens with zero attached hydrogens (tertiary/aromatic N) is 3. The SMILES string of the molecule is CC(C)(C)CCN(C(=O)O)C1CCC(Oc2ncnc3sc4c(c23)[C@@H](C[C@@H](O[Si](C)(C)C(C)(C)C)C(N)=O)CC4)CC1. The highest BCUT2D eigenvalue weighted by Crippen LogP contribution is 2.48. The molecule has 0 aromatic carbocycles. The number of ether oxygens (including phenoxy) is 1. The maximum atomic E-state index is 12.6. The molecule has 0 bridgehead atoms. The number of fused-ring (bicyclic) bond motifs is 3. The van der Waals surface area contributed by atoms with Crippen molar-refractivity contribution < 1.29 is 23.9 Å². The average Bonchev–Trinajstić information content (AvgIpc) is 3.43. The molecule has 0 unspecified atom stereocenters. The van der Waals surface area contributed by atoms with E-state index in [1.165, 1.54) is 10.4 Å². The molecule has 1 saturated carbocycles. The molecule has 2 amide bonds. The van der Waals surface area contributed by atoms with Gasteiger partial charge in [0.05, 0.1) is 5.39 Å². The van der Waals surface area contributed by atoms with Crippen LogP contribution in [-0.4, -0.2) is 65.1 Å². The Morgan fingerprint density at radius 2 is 1.79 bits per heavy atom. The summed E-state index contributed by atoms with van der Waals surface area (Å²) in [6.45, 7) is 17.8. The number of carboxylic acid groups (broad SMARTS) is 1. The zero-order valence-electron chi connectivity index (χ0n) is 26.7. The van der Waals surface area contributed by atoms with Crippen LogP contribution in [0.4, 0.5) is 4.79 Å². The summed E-state index contributed by atoms with van der Waals surface area (Å²) in [6.07, 6.45) is 6.36. The highest BCUT2D eigenvalue weighted by atomic mass is 32.1. The van der Waals surface area contributed by atoms with Gasteiger partial charge in [-0.3, -0.25) is 4.79 Å². The van der Waals surface area contributed by atoms with E-state index >= 15 is 0 Å². The van der Waals surface area contributed by atoms with Crippen molar-refractivity contribution in [3.05, 3.63) is 16.8 Å². The predicted molar refractivity (Wildman–Crippen MR) is 170 cm³/mol. The molecule has 0 saturated heterocycles. The van der Waals surface area contributed by atoms with Gasteiger partial charge in [-0.2, -0.15) is 0 Å². The molecule has 2 aromatic rings. The van der Waals surface area contributed by atoms with Crippen LogP contribution in [0.15, 0.2) is 6.33 Å². The van der Waals surface area contributed by atoms with Crippen LogP contribution in [0.2, 0.25) is 18.1 Å². The summed E-state index contributed by atoms with van der Waals surface area (Å²) in [7, 11) is -2.20. The minimum absolute atomic E-state index is 0.0107. The summed E-state index contributed by atoms with van der Waals surface area (Å²) in [6, 6.07) is 0.0107. The van der Waals surface area contributed by atoms with E-state index in [4.69, 9.17) is 14.9 Å². The Morgan fingerprint density at radius 1 is 1.12 bits per heavy atom. The number of carbonyl (C=O) groups is 2. The van der Waals surface area contributed by atoms with Crippen LogP contribution in [0.25, 0.3) is 10.2 Å². The highest BCUT2D eigenvalue weighted by Gasteiger charge is 2.42. The average molecular weight is 619 g/mol. The number of amides is 2. The first-order chi connectivity index (χ1) is 19.5. The molecular weight excluding hydrogens is 569 g/mol. The third kappa shape index (κ3) is 7.45. The normalized spacial score (nSPS) is 22.1. The maximum Gasteiger partial charge on any atom is 0.407 e. The first kappa shape index (κ1) is 32.7. The van der Waals surface area contributed by atoms with Crippen LogP contribution in [0, 0.1) is 5.41 Å². The largest absolute Gasteiger partial charge is 0.474 e.